The largest absolute Gasteiger partial charge is 0.390 e. The Balaban J connectivity index is 2.08. The van der Waals surface area contributed by atoms with Crippen LogP contribution in [0.15, 0.2) is 0 Å². The highest BCUT2D eigenvalue weighted by Crippen LogP contribution is 2.19. The van der Waals surface area contributed by atoms with Crippen molar-refractivity contribution in [1.29, 1.82) is 0 Å². The smallest absolute Gasteiger partial charge is 0.345 e. The Morgan fingerprint density at radius 3 is 2.43 bits per heavy atom. The minimum atomic E-state index is -4.26. The molecule has 134 valence electrons. The van der Waals surface area contributed by atoms with Gasteiger partial charge in [0.15, 0.2) is 0 Å². The molecule has 0 spiro atoms. The van der Waals surface area contributed by atoms with E-state index in [-0.39, 0.29) is 30.9 Å². The molecule has 3 amide bonds. The molecule has 8 heteroatoms. The molecule has 0 aromatic heterocycles. The maximum absolute atomic E-state index is 12.1. The van der Waals surface area contributed by atoms with Gasteiger partial charge in [-0.05, 0) is 19.3 Å². The lowest BCUT2D eigenvalue weighted by Gasteiger charge is -2.23. The summed E-state index contributed by atoms with van der Waals surface area (Å²) >= 11 is 0. The predicted molar refractivity (Wildman–Crippen MR) is 81.0 cm³/mol. The van der Waals surface area contributed by atoms with Crippen LogP contribution in [0.3, 0.4) is 0 Å². The first-order valence-corrected chi connectivity index (χ1v) is 8.13. The standard InChI is InChI=1S/C15H26F3N3O2/c1-21(11-9-15(16,17)18)13(22)8-5-10-19-14(23)20-12-6-3-2-4-7-12/h12H,2-11H2,1H3,(H2,19,20,23). The fraction of sp³-hybridized carbons (Fsp3) is 0.867. The molecule has 1 saturated carbocycles. The van der Waals surface area contributed by atoms with Gasteiger partial charge in [0.1, 0.15) is 0 Å². The molecule has 0 bridgehead atoms. The van der Waals surface area contributed by atoms with Gasteiger partial charge in [0.2, 0.25) is 5.91 Å². The molecule has 1 aliphatic carbocycles. The van der Waals surface area contributed by atoms with Gasteiger partial charge in [-0.15, -0.1) is 0 Å². The van der Waals surface area contributed by atoms with Crippen LogP contribution in [0.4, 0.5) is 18.0 Å². The molecule has 0 unspecified atom stereocenters. The minimum absolute atomic E-state index is 0.123. The lowest BCUT2D eigenvalue weighted by Crippen LogP contribution is -2.43. The number of hydrogen-bond donors (Lipinski definition) is 2. The highest BCUT2D eigenvalue weighted by molar-refractivity contribution is 5.76. The zero-order chi connectivity index (χ0) is 17.3. The van der Waals surface area contributed by atoms with Gasteiger partial charge in [0.25, 0.3) is 0 Å². The average molecular weight is 337 g/mol. The zero-order valence-corrected chi connectivity index (χ0v) is 13.5. The first kappa shape index (κ1) is 19.6. The summed E-state index contributed by atoms with van der Waals surface area (Å²) in [7, 11) is 1.36. The molecule has 0 heterocycles. The molecule has 23 heavy (non-hydrogen) atoms. The fourth-order valence-electron chi connectivity index (χ4n) is 2.53. The number of rotatable bonds is 7. The molecule has 0 saturated heterocycles. The van der Waals surface area contributed by atoms with Crippen molar-refractivity contribution in [3.8, 4) is 0 Å². The average Bonchev–Trinajstić information content (AvgIpc) is 2.49. The zero-order valence-electron chi connectivity index (χ0n) is 13.5. The van der Waals surface area contributed by atoms with E-state index in [1.165, 1.54) is 13.5 Å². The monoisotopic (exact) mass is 337 g/mol. The van der Waals surface area contributed by atoms with Gasteiger partial charge in [0.05, 0.1) is 6.42 Å². The molecule has 1 fully saturated rings. The van der Waals surface area contributed by atoms with Crippen LogP contribution in [0.2, 0.25) is 0 Å². The quantitative estimate of drug-likeness (QED) is 0.702. The van der Waals surface area contributed by atoms with E-state index in [1.54, 1.807) is 0 Å². The molecule has 2 N–H and O–H groups in total. The summed E-state index contributed by atoms with van der Waals surface area (Å²) < 4.78 is 36.2. The molecular weight excluding hydrogens is 311 g/mol. The number of carbonyl (C=O) groups is 2. The topological polar surface area (TPSA) is 61.4 Å². The van der Waals surface area contributed by atoms with Crippen molar-refractivity contribution in [1.82, 2.24) is 15.5 Å². The van der Waals surface area contributed by atoms with Crippen molar-refractivity contribution in [3.63, 3.8) is 0 Å². The summed E-state index contributed by atoms with van der Waals surface area (Å²) in [6.07, 6.45) is 0.735. The number of hydrogen-bond acceptors (Lipinski definition) is 2. The van der Waals surface area contributed by atoms with E-state index < -0.39 is 12.6 Å². The van der Waals surface area contributed by atoms with Gasteiger partial charge in [-0.1, -0.05) is 19.3 Å². The second-order valence-corrected chi connectivity index (χ2v) is 6.02. The maximum Gasteiger partial charge on any atom is 0.390 e. The lowest BCUT2D eigenvalue weighted by atomic mass is 9.96. The second kappa shape index (κ2) is 9.62. The Bertz CT molecular complexity index is 383. The van der Waals surface area contributed by atoms with Gasteiger partial charge in [0, 0.05) is 32.6 Å². The highest BCUT2D eigenvalue weighted by atomic mass is 19.4. The Hall–Kier alpha value is -1.47. The summed E-state index contributed by atoms with van der Waals surface area (Å²) in [5, 5.41) is 5.58. The summed E-state index contributed by atoms with van der Waals surface area (Å²) in [6, 6.07) is -0.0198. The van der Waals surface area contributed by atoms with Gasteiger partial charge in [-0.3, -0.25) is 4.79 Å². The number of alkyl halides is 3. The number of nitrogens with one attached hydrogen (secondary N) is 2. The van der Waals surface area contributed by atoms with Crippen molar-refractivity contribution in [2.45, 2.75) is 63.6 Å². The summed E-state index contributed by atoms with van der Waals surface area (Å²) in [6.45, 7) is -0.00463. The van der Waals surface area contributed by atoms with Crippen molar-refractivity contribution < 1.29 is 22.8 Å². The van der Waals surface area contributed by atoms with E-state index in [4.69, 9.17) is 0 Å². The predicted octanol–water partition coefficient (Wildman–Crippen LogP) is 2.81. The third-order valence-corrected chi connectivity index (χ3v) is 3.95. The van der Waals surface area contributed by atoms with Crippen LogP contribution in [0.1, 0.15) is 51.4 Å². The Labute approximate surface area is 135 Å². The number of halogens is 3. The number of urea groups is 1. The molecule has 1 rings (SSSR count). The number of carbonyl (C=O) groups excluding carboxylic acids is 2. The van der Waals surface area contributed by atoms with E-state index in [1.807, 2.05) is 0 Å². The summed E-state index contributed by atoms with van der Waals surface area (Å²) in [5.41, 5.74) is 0. The Kier molecular flexibility index (Phi) is 8.19. The number of nitrogens with zero attached hydrogens (tertiary/aromatic N) is 1. The first-order valence-electron chi connectivity index (χ1n) is 8.13. The van der Waals surface area contributed by atoms with Gasteiger partial charge >= 0.3 is 12.2 Å². The second-order valence-electron chi connectivity index (χ2n) is 6.02. The van der Waals surface area contributed by atoms with Crippen molar-refractivity contribution in [3.05, 3.63) is 0 Å². The van der Waals surface area contributed by atoms with E-state index in [0.29, 0.717) is 13.0 Å². The molecule has 0 atom stereocenters. The third-order valence-electron chi connectivity index (χ3n) is 3.95. The Morgan fingerprint density at radius 1 is 1.17 bits per heavy atom. The van der Waals surface area contributed by atoms with Crippen LogP contribution in [-0.4, -0.2) is 49.2 Å². The van der Waals surface area contributed by atoms with Gasteiger partial charge in [-0.2, -0.15) is 13.2 Å². The van der Waals surface area contributed by atoms with E-state index in [2.05, 4.69) is 10.6 Å². The molecule has 0 radical (unpaired) electrons. The van der Waals surface area contributed by atoms with Gasteiger partial charge < -0.3 is 15.5 Å². The van der Waals surface area contributed by atoms with Crippen LogP contribution in [-0.2, 0) is 4.79 Å². The van der Waals surface area contributed by atoms with Crippen LogP contribution in [0.25, 0.3) is 0 Å². The number of amides is 3. The van der Waals surface area contributed by atoms with Crippen molar-refractivity contribution in [2.75, 3.05) is 20.1 Å². The van der Waals surface area contributed by atoms with Crippen molar-refractivity contribution >= 4 is 11.9 Å². The SMILES string of the molecule is CN(CCC(F)(F)F)C(=O)CCCNC(=O)NC1CCCCC1. The van der Waals surface area contributed by atoms with Crippen LogP contribution >= 0.6 is 0 Å². The van der Waals surface area contributed by atoms with Crippen LogP contribution in [0.5, 0.6) is 0 Å². The lowest BCUT2D eigenvalue weighted by molar-refractivity contribution is -0.144. The first-order chi connectivity index (χ1) is 10.8. The summed E-state index contributed by atoms with van der Waals surface area (Å²) in [4.78, 5) is 24.4. The molecule has 0 aromatic carbocycles. The van der Waals surface area contributed by atoms with E-state index in [0.717, 1.165) is 30.6 Å². The minimum Gasteiger partial charge on any atom is -0.345 e. The molecule has 5 nitrogen and oxygen atoms in total. The fourth-order valence-corrected chi connectivity index (χ4v) is 2.53. The molecule has 1 aliphatic rings. The van der Waals surface area contributed by atoms with E-state index >= 15 is 0 Å². The van der Waals surface area contributed by atoms with Crippen LogP contribution < -0.4 is 10.6 Å². The third kappa shape index (κ3) is 9.30. The highest BCUT2D eigenvalue weighted by Gasteiger charge is 2.27. The van der Waals surface area contributed by atoms with Gasteiger partial charge in [-0.25, -0.2) is 4.79 Å². The molecule has 0 aromatic rings. The van der Waals surface area contributed by atoms with Crippen molar-refractivity contribution in [2.24, 2.45) is 0 Å². The normalized spacial score (nSPS) is 16.0. The summed E-state index contributed by atoms with van der Waals surface area (Å²) in [5.74, 6) is -0.344. The Morgan fingerprint density at radius 2 is 1.83 bits per heavy atom. The van der Waals surface area contributed by atoms with E-state index in [9.17, 15) is 22.8 Å². The molecule has 0 aliphatic heterocycles. The van der Waals surface area contributed by atoms with Crippen LogP contribution in [0, 0.1) is 0 Å². The maximum atomic E-state index is 12.1. The molecular formula is C15H26F3N3O2.